The van der Waals surface area contributed by atoms with E-state index >= 15 is 0 Å². The summed E-state index contributed by atoms with van der Waals surface area (Å²) in [5.74, 6) is -3.27. The van der Waals surface area contributed by atoms with E-state index in [1.54, 1.807) is 0 Å². The molecule has 21 heavy (non-hydrogen) atoms. The van der Waals surface area contributed by atoms with E-state index in [2.05, 4.69) is 5.32 Å². The van der Waals surface area contributed by atoms with Crippen molar-refractivity contribution >= 4 is 0 Å². The summed E-state index contributed by atoms with van der Waals surface area (Å²) in [6.07, 6.45) is -9.35. The van der Waals surface area contributed by atoms with Crippen molar-refractivity contribution in [3.8, 4) is 0 Å². The highest BCUT2D eigenvalue weighted by molar-refractivity contribution is 5.30. The third-order valence-electron chi connectivity index (χ3n) is 3.53. The Morgan fingerprint density at radius 2 is 1.71 bits per heavy atom. The van der Waals surface area contributed by atoms with Crippen LogP contribution >= 0.6 is 0 Å². The van der Waals surface area contributed by atoms with Gasteiger partial charge in [-0.1, -0.05) is 6.07 Å². The van der Waals surface area contributed by atoms with Crippen molar-refractivity contribution < 1.29 is 30.7 Å². The standard InChI is InChI=1S/C13H12F7N/c14-10-4-3-7(6-9(10)13(18,19)20)11-8(12(15,16)17)2-1-5-21-11/h3-4,6,8,11,21H,1-2,5H2. The van der Waals surface area contributed by atoms with Gasteiger partial charge in [-0.3, -0.25) is 0 Å². The quantitative estimate of drug-likeness (QED) is 0.755. The van der Waals surface area contributed by atoms with Gasteiger partial charge in [-0.15, -0.1) is 0 Å². The molecule has 1 fully saturated rings. The molecule has 0 saturated carbocycles. The number of benzene rings is 1. The van der Waals surface area contributed by atoms with Crippen LogP contribution in [0.4, 0.5) is 30.7 Å². The van der Waals surface area contributed by atoms with Gasteiger partial charge in [-0.2, -0.15) is 26.3 Å². The second kappa shape index (κ2) is 5.47. The van der Waals surface area contributed by atoms with Crippen LogP contribution in [0.2, 0.25) is 0 Å². The zero-order valence-corrected chi connectivity index (χ0v) is 10.7. The minimum Gasteiger partial charge on any atom is -0.309 e. The lowest BCUT2D eigenvalue weighted by atomic mass is 9.85. The number of hydrogen-bond donors (Lipinski definition) is 1. The molecule has 0 bridgehead atoms. The summed E-state index contributed by atoms with van der Waals surface area (Å²) in [5, 5.41) is 2.58. The Labute approximate surface area is 116 Å². The van der Waals surface area contributed by atoms with Crippen molar-refractivity contribution in [3.05, 3.63) is 35.1 Å². The highest BCUT2D eigenvalue weighted by Gasteiger charge is 2.46. The van der Waals surface area contributed by atoms with E-state index in [0.29, 0.717) is 12.1 Å². The monoisotopic (exact) mass is 315 g/mol. The first kappa shape index (κ1) is 16.1. The highest BCUT2D eigenvalue weighted by Crippen LogP contribution is 2.42. The molecule has 118 valence electrons. The fourth-order valence-corrected chi connectivity index (χ4v) is 2.54. The fraction of sp³-hybridized carbons (Fsp3) is 0.538. The van der Waals surface area contributed by atoms with Crippen molar-refractivity contribution in [2.75, 3.05) is 6.54 Å². The summed E-state index contributed by atoms with van der Waals surface area (Å²) in [6, 6.07) is 0.686. The van der Waals surface area contributed by atoms with Crippen molar-refractivity contribution in [3.63, 3.8) is 0 Å². The lowest BCUT2D eigenvalue weighted by Crippen LogP contribution is -2.41. The van der Waals surface area contributed by atoms with Gasteiger partial charge in [0.25, 0.3) is 0 Å². The maximum absolute atomic E-state index is 13.2. The number of halogens is 7. The minimum atomic E-state index is -4.94. The van der Waals surface area contributed by atoms with Gasteiger partial charge in [0.15, 0.2) is 0 Å². The summed E-state index contributed by atoms with van der Waals surface area (Å²) in [4.78, 5) is 0. The van der Waals surface area contributed by atoms with E-state index in [9.17, 15) is 30.7 Å². The Morgan fingerprint density at radius 1 is 1.05 bits per heavy atom. The van der Waals surface area contributed by atoms with Crippen LogP contribution in [0.15, 0.2) is 18.2 Å². The molecule has 1 nitrogen and oxygen atoms in total. The predicted octanol–water partition coefficient (Wildman–Crippen LogP) is 4.45. The van der Waals surface area contributed by atoms with E-state index in [0.717, 1.165) is 6.07 Å². The van der Waals surface area contributed by atoms with Crippen LogP contribution in [0.5, 0.6) is 0 Å². The molecular formula is C13H12F7N. The topological polar surface area (TPSA) is 12.0 Å². The second-order valence-corrected chi connectivity index (χ2v) is 4.96. The largest absolute Gasteiger partial charge is 0.419 e. The van der Waals surface area contributed by atoms with Crippen LogP contribution in [0.3, 0.4) is 0 Å². The van der Waals surface area contributed by atoms with Gasteiger partial charge in [-0.25, -0.2) is 4.39 Å². The first-order valence-corrected chi connectivity index (χ1v) is 6.27. The summed E-state index contributed by atoms with van der Waals surface area (Å²) in [5.41, 5.74) is -1.75. The van der Waals surface area contributed by atoms with Crippen molar-refractivity contribution in [1.29, 1.82) is 0 Å². The van der Waals surface area contributed by atoms with Crippen molar-refractivity contribution in [2.24, 2.45) is 5.92 Å². The van der Waals surface area contributed by atoms with Crippen LogP contribution in [0.25, 0.3) is 0 Å². The maximum atomic E-state index is 13.2. The number of piperidine rings is 1. The SMILES string of the molecule is Fc1ccc(C2NCCCC2C(F)(F)F)cc1C(F)(F)F. The molecule has 1 aliphatic rings. The van der Waals surface area contributed by atoms with Gasteiger partial charge in [0.05, 0.1) is 11.5 Å². The molecule has 0 radical (unpaired) electrons. The molecule has 1 N–H and O–H groups in total. The summed E-state index contributed by atoms with van der Waals surface area (Å²) in [7, 11) is 0. The summed E-state index contributed by atoms with van der Waals surface area (Å²) >= 11 is 0. The number of alkyl halides is 6. The third kappa shape index (κ3) is 3.48. The van der Waals surface area contributed by atoms with Gasteiger partial charge in [0, 0.05) is 6.04 Å². The Bertz CT molecular complexity index is 506. The number of nitrogens with one attached hydrogen (secondary N) is 1. The highest BCUT2D eigenvalue weighted by atomic mass is 19.4. The zero-order valence-electron chi connectivity index (χ0n) is 10.7. The van der Waals surface area contributed by atoms with Crippen LogP contribution in [0.1, 0.15) is 30.0 Å². The van der Waals surface area contributed by atoms with E-state index in [-0.39, 0.29) is 24.9 Å². The Morgan fingerprint density at radius 3 is 2.29 bits per heavy atom. The van der Waals surface area contributed by atoms with Gasteiger partial charge >= 0.3 is 12.4 Å². The molecule has 0 aromatic heterocycles. The molecule has 2 rings (SSSR count). The smallest absolute Gasteiger partial charge is 0.309 e. The Balaban J connectivity index is 2.40. The molecule has 0 aliphatic carbocycles. The van der Waals surface area contributed by atoms with E-state index in [1.807, 2.05) is 0 Å². The van der Waals surface area contributed by atoms with Gasteiger partial charge < -0.3 is 5.32 Å². The average molecular weight is 315 g/mol. The van der Waals surface area contributed by atoms with Crippen molar-refractivity contribution in [1.82, 2.24) is 5.32 Å². The van der Waals surface area contributed by atoms with Crippen molar-refractivity contribution in [2.45, 2.75) is 31.2 Å². The van der Waals surface area contributed by atoms with Gasteiger partial charge in [0.1, 0.15) is 5.82 Å². The average Bonchev–Trinajstić information content (AvgIpc) is 2.37. The van der Waals surface area contributed by atoms with Crippen LogP contribution in [0, 0.1) is 11.7 Å². The molecule has 1 heterocycles. The van der Waals surface area contributed by atoms with Crippen LogP contribution in [-0.2, 0) is 6.18 Å². The van der Waals surface area contributed by atoms with E-state index < -0.39 is 35.7 Å². The number of rotatable bonds is 1. The second-order valence-electron chi connectivity index (χ2n) is 4.96. The molecule has 0 amide bonds. The molecule has 0 spiro atoms. The van der Waals surface area contributed by atoms with Gasteiger partial charge in [-0.05, 0) is 37.1 Å². The van der Waals surface area contributed by atoms with Crippen LogP contribution < -0.4 is 5.32 Å². The first-order valence-electron chi connectivity index (χ1n) is 6.27. The number of hydrogen-bond acceptors (Lipinski definition) is 1. The lowest BCUT2D eigenvalue weighted by molar-refractivity contribution is -0.189. The molecular weight excluding hydrogens is 303 g/mol. The molecule has 2 unspecified atom stereocenters. The third-order valence-corrected chi connectivity index (χ3v) is 3.53. The Hall–Kier alpha value is -1.31. The predicted molar refractivity (Wildman–Crippen MR) is 60.9 cm³/mol. The molecule has 1 aromatic carbocycles. The fourth-order valence-electron chi connectivity index (χ4n) is 2.54. The summed E-state index contributed by atoms with van der Waals surface area (Å²) in [6.45, 7) is 0.274. The molecule has 1 aliphatic heterocycles. The molecule has 1 saturated heterocycles. The lowest BCUT2D eigenvalue weighted by Gasteiger charge is -2.34. The molecule has 1 aromatic rings. The minimum absolute atomic E-state index is 0.167. The van der Waals surface area contributed by atoms with Gasteiger partial charge in [0.2, 0.25) is 0 Å². The van der Waals surface area contributed by atoms with Crippen LogP contribution in [-0.4, -0.2) is 12.7 Å². The van der Waals surface area contributed by atoms with E-state index in [4.69, 9.17) is 0 Å². The molecule has 2 atom stereocenters. The zero-order chi connectivity index (χ0) is 15.8. The normalized spacial score (nSPS) is 24.1. The summed E-state index contributed by atoms with van der Waals surface area (Å²) < 4.78 is 90.0. The van der Waals surface area contributed by atoms with E-state index in [1.165, 1.54) is 0 Å². The first-order chi connectivity index (χ1) is 9.60. The molecule has 8 heteroatoms. The Kier molecular flexibility index (Phi) is 4.19. The maximum Gasteiger partial charge on any atom is 0.419 e.